The van der Waals surface area contributed by atoms with Crippen LogP contribution in [0.4, 0.5) is 4.79 Å². The standard InChI is InChI=1S/C18H22N4O4/c1-13-19-16(23)21(15-10-6-3-7-11-15)18(25)22(13)20-17(24)26-12-14-8-4-2-5-9-14/h2,4-5,8-9,15H,3,6-7,10-12H2,1H3,(H,20,24). The number of hydrogen-bond acceptors (Lipinski definition) is 5. The molecular formula is C18H22N4O4. The molecule has 0 atom stereocenters. The van der Waals surface area contributed by atoms with Crippen LogP contribution in [0.2, 0.25) is 0 Å². The smallest absolute Gasteiger partial charge is 0.426 e. The predicted molar refractivity (Wildman–Crippen MR) is 95.6 cm³/mol. The highest BCUT2D eigenvalue weighted by molar-refractivity contribution is 5.75. The molecule has 1 saturated carbocycles. The maximum atomic E-state index is 12.7. The summed E-state index contributed by atoms with van der Waals surface area (Å²) in [6.45, 7) is 1.57. The number of carbonyl (C=O) groups is 1. The SMILES string of the molecule is Cc1nc(=O)n(C2CCCCC2)c(=O)n1NC(=O)OCc1ccccc1. The second-order valence-electron chi connectivity index (χ2n) is 6.39. The van der Waals surface area contributed by atoms with Crippen LogP contribution >= 0.6 is 0 Å². The van der Waals surface area contributed by atoms with Gasteiger partial charge in [0.2, 0.25) is 0 Å². The fourth-order valence-corrected chi connectivity index (χ4v) is 3.20. The van der Waals surface area contributed by atoms with E-state index in [2.05, 4.69) is 10.4 Å². The summed E-state index contributed by atoms with van der Waals surface area (Å²) in [5, 5.41) is 0. The number of aromatic nitrogens is 3. The van der Waals surface area contributed by atoms with Crippen LogP contribution in [0.5, 0.6) is 0 Å². The fourth-order valence-electron chi connectivity index (χ4n) is 3.20. The summed E-state index contributed by atoms with van der Waals surface area (Å²) in [7, 11) is 0. The van der Waals surface area contributed by atoms with E-state index in [9.17, 15) is 14.4 Å². The van der Waals surface area contributed by atoms with Crippen LogP contribution in [0.15, 0.2) is 39.9 Å². The summed E-state index contributed by atoms with van der Waals surface area (Å²) in [5.74, 6) is 0.115. The first-order chi connectivity index (χ1) is 12.6. The highest BCUT2D eigenvalue weighted by atomic mass is 16.6. The Hall–Kier alpha value is -2.90. The van der Waals surface area contributed by atoms with Gasteiger partial charge in [-0.2, -0.15) is 9.66 Å². The average molecular weight is 358 g/mol. The lowest BCUT2D eigenvalue weighted by atomic mass is 9.95. The van der Waals surface area contributed by atoms with E-state index in [0.29, 0.717) is 0 Å². The second-order valence-corrected chi connectivity index (χ2v) is 6.39. The molecule has 0 aliphatic heterocycles. The molecule has 0 saturated heterocycles. The maximum absolute atomic E-state index is 12.7. The summed E-state index contributed by atoms with van der Waals surface area (Å²) in [4.78, 5) is 40.9. The summed E-state index contributed by atoms with van der Waals surface area (Å²) in [5.41, 5.74) is 2.04. The van der Waals surface area contributed by atoms with Crippen LogP contribution < -0.4 is 16.8 Å². The van der Waals surface area contributed by atoms with Crippen molar-refractivity contribution in [1.82, 2.24) is 14.2 Å². The van der Waals surface area contributed by atoms with Gasteiger partial charge in [-0.1, -0.05) is 49.6 Å². The van der Waals surface area contributed by atoms with Crippen molar-refractivity contribution in [3.8, 4) is 0 Å². The first-order valence-electron chi connectivity index (χ1n) is 8.76. The molecular weight excluding hydrogens is 336 g/mol. The number of hydrogen-bond donors (Lipinski definition) is 1. The van der Waals surface area contributed by atoms with Crippen molar-refractivity contribution in [2.24, 2.45) is 0 Å². The van der Waals surface area contributed by atoms with Crippen molar-refractivity contribution in [1.29, 1.82) is 0 Å². The lowest BCUT2D eigenvalue weighted by molar-refractivity contribution is 0.151. The monoisotopic (exact) mass is 358 g/mol. The van der Waals surface area contributed by atoms with Crippen molar-refractivity contribution in [3.63, 3.8) is 0 Å². The highest BCUT2D eigenvalue weighted by Gasteiger charge is 2.22. The molecule has 1 amide bonds. The summed E-state index contributed by atoms with van der Waals surface area (Å²) in [6.07, 6.45) is 3.78. The van der Waals surface area contributed by atoms with Gasteiger partial charge in [0, 0.05) is 6.04 Å². The van der Waals surface area contributed by atoms with Gasteiger partial charge < -0.3 is 4.74 Å². The number of aryl methyl sites for hydroxylation is 1. The molecule has 1 aromatic carbocycles. The third-order valence-corrected chi connectivity index (χ3v) is 4.54. The molecule has 0 bridgehead atoms. The molecule has 0 radical (unpaired) electrons. The van der Waals surface area contributed by atoms with Gasteiger partial charge >= 0.3 is 17.5 Å². The molecule has 8 nitrogen and oxygen atoms in total. The summed E-state index contributed by atoms with van der Waals surface area (Å²) in [6, 6.07) is 9.03. The molecule has 8 heteroatoms. The Morgan fingerprint density at radius 2 is 1.88 bits per heavy atom. The minimum absolute atomic E-state index is 0.0795. The van der Waals surface area contributed by atoms with E-state index in [1.807, 2.05) is 30.3 Å². The lowest BCUT2D eigenvalue weighted by Crippen LogP contribution is -2.48. The van der Waals surface area contributed by atoms with Crippen LogP contribution in [0, 0.1) is 6.92 Å². The molecule has 1 aromatic heterocycles. The van der Waals surface area contributed by atoms with E-state index >= 15 is 0 Å². The van der Waals surface area contributed by atoms with E-state index in [0.717, 1.165) is 46.9 Å². The zero-order chi connectivity index (χ0) is 18.5. The minimum atomic E-state index is -0.783. The first kappa shape index (κ1) is 17.9. The van der Waals surface area contributed by atoms with Crippen molar-refractivity contribution in [2.45, 2.75) is 51.7 Å². The fraction of sp³-hybridized carbons (Fsp3) is 0.444. The lowest BCUT2D eigenvalue weighted by Gasteiger charge is -2.23. The summed E-state index contributed by atoms with van der Waals surface area (Å²) < 4.78 is 7.25. The number of rotatable bonds is 4. The third kappa shape index (κ3) is 4.01. The molecule has 1 heterocycles. The molecule has 2 aromatic rings. The number of amides is 1. The van der Waals surface area contributed by atoms with Crippen molar-refractivity contribution >= 4 is 6.09 Å². The molecule has 1 aliphatic carbocycles. The van der Waals surface area contributed by atoms with E-state index < -0.39 is 17.5 Å². The van der Waals surface area contributed by atoms with Gasteiger partial charge in [-0.15, -0.1) is 0 Å². The van der Waals surface area contributed by atoms with Crippen LogP contribution in [0.3, 0.4) is 0 Å². The number of ether oxygens (including phenoxy) is 1. The molecule has 0 spiro atoms. The maximum Gasteiger partial charge on any atom is 0.426 e. The van der Waals surface area contributed by atoms with E-state index in [1.165, 1.54) is 6.92 Å². The second kappa shape index (κ2) is 7.99. The van der Waals surface area contributed by atoms with Crippen LogP contribution in [0.25, 0.3) is 0 Å². The Labute approximate surface area is 150 Å². The quantitative estimate of drug-likeness (QED) is 0.903. The van der Waals surface area contributed by atoms with Gasteiger partial charge in [0.1, 0.15) is 12.4 Å². The molecule has 1 aliphatic rings. The molecule has 3 rings (SSSR count). The molecule has 0 unspecified atom stereocenters. The zero-order valence-corrected chi connectivity index (χ0v) is 14.7. The Balaban J connectivity index is 1.77. The zero-order valence-electron chi connectivity index (χ0n) is 14.7. The van der Waals surface area contributed by atoms with Gasteiger partial charge in [-0.05, 0) is 25.3 Å². The Bertz CT molecular complexity index is 882. The topological polar surface area (TPSA) is 95.2 Å². The van der Waals surface area contributed by atoms with Crippen LogP contribution in [0.1, 0.15) is 49.5 Å². The molecule has 1 N–H and O–H groups in total. The van der Waals surface area contributed by atoms with Crippen LogP contribution in [-0.4, -0.2) is 20.3 Å². The van der Waals surface area contributed by atoms with Gasteiger partial charge in [-0.3, -0.25) is 0 Å². The normalized spacial score (nSPS) is 14.8. The van der Waals surface area contributed by atoms with Crippen molar-refractivity contribution in [2.75, 3.05) is 5.43 Å². The highest BCUT2D eigenvalue weighted by Crippen LogP contribution is 2.25. The average Bonchev–Trinajstić information content (AvgIpc) is 2.65. The Morgan fingerprint density at radius 1 is 1.19 bits per heavy atom. The number of nitrogens with zero attached hydrogens (tertiary/aromatic N) is 3. The van der Waals surface area contributed by atoms with Gasteiger partial charge in [0.15, 0.2) is 0 Å². The minimum Gasteiger partial charge on any atom is -0.443 e. The van der Waals surface area contributed by atoms with Gasteiger partial charge in [0.05, 0.1) is 0 Å². The van der Waals surface area contributed by atoms with Gasteiger partial charge in [0.25, 0.3) is 0 Å². The number of carbonyl (C=O) groups excluding carboxylic acids is 1. The van der Waals surface area contributed by atoms with Crippen molar-refractivity contribution < 1.29 is 9.53 Å². The molecule has 1 fully saturated rings. The Kier molecular flexibility index (Phi) is 5.50. The molecule has 26 heavy (non-hydrogen) atoms. The van der Waals surface area contributed by atoms with E-state index in [1.54, 1.807) is 0 Å². The van der Waals surface area contributed by atoms with Crippen molar-refractivity contribution in [3.05, 3.63) is 62.7 Å². The van der Waals surface area contributed by atoms with Gasteiger partial charge in [-0.25, -0.2) is 24.4 Å². The Morgan fingerprint density at radius 3 is 2.58 bits per heavy atom. The first-order valence-corrected chi connectivity index (χ1v) is 8.76. The summed E-state index contributed by atoms with van der Waals surface area (Å²) >= 11 is 0. The third-order valence-electron chi connectivity index (χ3n) is 4.54. The predicted octanol–water partition coefficient (Wildman–Crippen LogP) is 2.10. The largest absolute Gasteiger partial charge is 0.443 e. The number of benzene rings is 1. The van der Waals surface area contributed by atoms with E-state index in [-0.39, 0.29) is 18.5 Å². The van der Waals surface area contributed by atoms with E-state index in [4.69, 9.17) is 4.74 Å². The number of nitrogens with one attached hydrogen (secondary N) is 1. The van der Waals surface area contributed by atoms with Crippen LogP contribution in [-0.2, 0) is 11.3 Å². The molecule has 138 valence electrons.